The fraction of sp³-hybridized carbons (Fsp3) is 0.897. The lowest BCUT2D eigenvalue weighted by Crippen LogP contribution is -2.67. The van der Waals surface area contributed by atoms with Gasteiger partial charge in [0.25, 0.3) is 0 Å². The van der Waals surface area contributed by atoms with E-state index < -0.39 is 23.6 Å². The van der Waals surface area contributed by atoms with Gasteiger partial charge in [0, 0.05) is 0 Å². The average Bonchev–Trinajstić information content (AvgIpc) is 2.72. The van der Waals surface area contributed by atoms with Gasteiger partial charge in [-0.2, -0.15) is 0 Å². The molecule has 4 nitrogen and oxygen atoms in total. The molecule has 0 amide bonds. The second-order valence-corrected chi connectivity index (χ2v) is 14.2. The molecule has 4 saturated carbocycles. The molecule has 5 aliphatic carbocycles. The van der Waals surface area contributed by atoms with Crippen molar-refractivity contribution in [1.82, 2.24) is 0 Å². The maximum atomic E-state index is 12.7. The van der Waals surface area contributed by atoms with E-state index in [-0.39, 0.29) is 27.6 Å². The van der Waals surface area contributed by atoms with E-state index in [1.54, 1.807) is 0 Å². The van der Waals surface area contributed by atoms with Crippen LogP contribution in [0.5, 0.6) is 0 Å². The first-order valence-corrected chi connectivity index (χ1v) is 13.5. The Labute approximate surface area is 200 Å². The summed E-state index contributed by atoms with van der Waals surface area (Å²) in [6, 6.07) is 0. The summed E-state index contributed by atoms with van der Waals surface area (Å²) in [6.07, 6.45) is 9.59. The van der Waals surface area contributed by atoms with Crippen molar-refractivity contribution >= 4 is 5.97 Å². The molecule has 0 aromatic rings. The van der Waals surface area contributed by atoms with Crippen LogP contribution < -0.4 is 0 Å². The monoisotopic (exact) mass is 458 g/mol. The Morgan fingerprint density at radius 2 is 1.67 bits per heavy atom. The Bertz CT molecular complexity index is 877. The van der Waals surface area contributed by atoms with Gasteiger partial charge in [0.2, 0.25) is 0 Å². The van der Waals surface area contributed by atoms with Crippen LogP contribution in [0.25, 0.3) is 0 Å². The molecular formula is C29H46O4. The van der Waals surface area contributed by atoms with Crippen molar-refractivity contribution in [3.05, 3.63) is 11.6 Å². The van der Waals surface area contributed by atoms with E-state index >= 15 is 0 Å². The van der Waals surface area contributed by atoms with Crippen LogP contribution in [0.2, 0.25) is 0 Å². The molecule has 3 N–H and O–H groups in total. The Balaban J connectivity index is 1.60. The first-order valence-electron chi connectivity index (χ1n) is 13.5. The van der Waals surface area contributed by atoms with Crippen LogP contribution in [0.3, 0.4) is 0 Å². The minimum atomic E-state index is -0.674. The standard InChI is InChI=1S/C29H46O4/c1-17-9-12-29(24(32)33)14-13-27(5)18(19(29)15-17)7-8-22-26(4)16-20(30)23(31)25(2,3)21(26)10-11-28(22,27)6/h7,17,19-23,30-31H,8-16H2,1-6H3,(H,32,33)/t17-,19?,20-,21?,22?,23+,26+,27-,28-,29+/m1/s1. The molecule has 186 valence electrons. The number of rotatable bonds is 1. The summed E-state index contributed by atoms with van der Waals surface area (Å²) in [5.74, 6) is 1.00. The molecular weight excluding hydrogens is 412 g/mol. The van der Waals surface area contributed by atoms with Gasteiger partial charge < -0.3 is 15.3 Å². The van der Waals surface area contributed by atoms with Crippen molar-refractivity contribution in [1.29, 1.82) is 0 Å². The first kappa shape index (κ1) is 23.9. The maximum absolute atomic E-state index is 12.7. The summed E-state index contributed by atoms with van der Waals surface area (Å²) in [7, 11) is 0. The second-order valence-electron chi connectivity index (χ2n) is 14.2. The third kappa shape index (κ3) is 2.80. The predicted octanol–water partition coefficient (Wildman–Crippen LogP) is 5.81. The Morgan fingerprint density at radius 3 is 2.33 bits per heavy atom. The second kappa shape index (κ2) is 7.09. The number of allylic oxidation sites excluding steroid dienone is 2. The van der Waals surface area contributed by atoms with Gasteiger partial charge in [-0.15, -0.1) is 0 Å². The number of carbonyl (C=O) groups is 1. The number of fused-ring (bicyclic) bond motifs is 7. The molecule has 0 aromatic carbocycles. The maximum Gasteiger partial charge on any atom is 0.310 e. The van der Waals surface area contributed by atoms with Gasteiger partial charge >= 0.3 is 5.97 Å². The third-order valence-corrected chi connectivity index (χ3v) is 12.7. The number of aliphatic hydroxyl groups is 2. The van der Waals surface area contributed by atoms with Crippen molar-refractivity contribution < 1.29 is 20.1 Å². The van der Waals surface area contributed by atoms with Crippen molar-refractivity contribution in [2.45, 2.75) is 112 Å². The molecule has 0 aromatic heterocycles. The molecule has 0 saturated heterocycles. The van der Waals surface area contributed by atoms with Gasteiger partial charge in [0.05, 0.1) is 17.6 Å². The van der Waals surface area contributed by atoms with E-state index in [0.717, 1.165) is 51.4 Å². The molecule has 4 fully saturated rings. The molecule has 0 bridgehead atoms. The largest absolute Gasteiger partial charge is 0.481 e. The SMILES string of the molecule is C[C@@H]1CC[C@]2(C(=O)O)CC[C@]3(C)C(=CCC4[C@@]5(C)C[C@@H](O)[C@H](O)C(C)(C)C5CC[C@]43C)C2C1. The highest BCUT2D eigenvalue weighted by molar-refractivity contribution is 5.76. The molecule has 0 heterocycles. The van der Waals surface area contributed by atoms with E-state index in [1.807, 2.05) is 0 Å². The van der Waals surface area contributed by atoms with Gasteiger partial charge in [-0.1, -0.05) is 53.2 Å². The van der Waals surface area contributed by atoms with Crippen LogP contribution in [-0.4, -0.2) is 33.5 Å². The molecule has 0 radical (unpaired) electrons. The highest BCUT2D eigenvalue weighted by Gasteiger charge is 2.69. The summed E-state index contributed by atoms with van der Waals surface area (Å²) < 4.78 is 0. The number of aliphatic carboxylic acids is 1. The van der Waals surface area contributed by atoms with Crippen molar-refractivity contribution in [3.63, 3.8) is 0 Å². The average molecular weight is 459 g/mol. The van der Waals surface area contributed by atoms with Crippen LogP contribution >= 0.6 is 0 Å². The number of carboxylic acid groups (broad SMARTS) is 1. The van der Waals surface area contributed by atoms with E-state index in [4.69, 9.17) is 0 Å². The number of hydrogen-bond acceptors (Lipinski definition) is 3. The van der Waals surface area contributed by atoms with Crippen LogP contribution in [-0.2, 0) is 4.79 Å². The number of aliphatic hydroxyl groups excluding tert-OH is 2. The summed E-state index contributed by atoms with van der Waals surface area (Å²) in [6.45, 7) is 14.0. The Hall–Kier alpha value is -0.870. The van der Waals surface area contributed by atoms with E-state index in [9.17, 15) is 20.1 Å². The van der Waals surface area contributed by atoms with Crippen LogP contribution in [0.4, 0.5) is 0 Å². The van der Waals surface area contributed by atoms with Gasteiger partial charge in [0.15, 0.2) is 0 Å². The van der Waals surface area contributed by atoms with Crippen LogP contribution in [0, 0.1) is 50.7 Å². The molecule has 5 rings (SSSR count). The predicted molar refractivity (Wildman–Crippen MR) is 129 cm³/mol. The fourth-order valence-electron chi connectivity index (χ4n) is 10.6. The van der Waals surface area contributed by atoms with Gasteiger partial charge in [-0.05, 0) is 103 Å². The molecule has 10 atom stereocenters. The fourth-order valence-corrected chi connectivity index (χ4v) is 10.6. The lowest BCUT2D eigenvalue weighted by Gasteiger charge is -2.71. The topological polar surface area (TPSA) is 77.8 Å². The lowest BCUT2D eigenvalue weighted by atomic mass is 9.33. The zero-order valence-electron chi connectivity index (χ0n) is 21.7. The number of hydrogen-bond donors (Lipinski definition) is 3. The zero-order chi connectivity index (χ0) is 24.2. The lowest BCUT2D eigenvalue weighted by molar-refractivity contribution is -0.231. The Kier molecular flexibility index (Phi) is 5.13. The van der Waals surface area contributed by atoms with Gasteiger partial charge in [0.1, 0.15) is 0 Å². The minimum absolute atomic E-state index is 0.00965. The number of carboxylic acids is 1. The van der Waals surface area contributed by atoms with Crippen LogP contribution in [0.15, 0.2) is 11.6 Å². The molecule has 33 heavy (non-hydrogen) atoms. The van der Waals surface area contributed by atoms with Crippen molar-refractivity contribution in [2.75, 3.05) is 0 Å². The summed E-state index contributed by atoms with van der Waals surface area (Å²) >= 11 is 0. The highest BCUT2D eigenvalue weighted by atomic mass is 16.4. The van der Waals surface area contributed by atoms with Crippen LogP contribution in [0.1, 0.15) is 99.3 Å². The molecule has 4 heteroatoms. The first-order chi connectivity index (χ1) is 15.2. The van der Waals surface area contributed by atoms with E-state index in [0.29, 0.717) is 24.2 Å². The summed E-state index contributed by atoms with van der Waals surface area (Å²) in [4.78, 5) is 12.7. The summed E-state index contributed by atoms with van der Waals surface area (Å²) in [5, 5.41) is 32.2. The Morgan fingerprint density at radius 1 is 0.970 bits per heavy atom. The zero-order valence-corrected chi connectivity index (χ0v) is 21.7. The summed E-state index contributed by atoms with van der Waals surface area (Å²) in [5.41, 5.74) is 0.653. The smallest absolute Gasteiger partial charge is 0.310 e. The van der Waals surface area contributed by atoms with Crippen molar-refractivity contribution in [2.24, 2.45) is 50.7 Å². The van der Waals surface area contributed by atoms with E-state index in [2.05, 4.69) is 47.6 Å². The third-order valence-electron chi connectivity index (χ3n) is 12.7. The molecule has 5 aliphatic rings. The molecule has 3 unspecified atom stereocenters. The molecule has 0 spiro atoms. The normalized spacial score (nSPS) is 55.3. The van der Waals surface area contributed by atoms with Gasteiger partial charge in [-0.25, -0.2) is 0 Å². The minimum Gasteiger partial charge on any atom is -0.481 e. The van der Waals surface area contributed by atoms with Gasteiger partial charge in [-0.3, -0.25) is 4.79 Å². The highest BCUT2D eigenvalue weighted by Crippen LogP contribution is 2.75. The quantitative estimate of drug-likeness (QED) is 0.433. The van der Waals surface area contributed by atoms with Crippen molar-refractivity contribution in [3.8, 4) is 0 Å². The van der Waals surface area contributed by atoms with E-state index in [1.165, 1.54) is 5.57 Å². The molecule has 0 aliphatic heterocycles.